The predicted molar refractivity (Wildman–Crippen MR) is 144 cm³/mol. The van der Waals surface area contributed by atoms with Crippen LogP contribution in [0, 0.1) is 14.9 Å². The van der Waals surface area contributed by atoms with E-state index in [9.17, 15) is 14.9 Å². The van der Waals surface area contributed by atoms with Gasteiger partial charge in [-0.3, -0.25) is 14.5 Å². The predicted octanol–water partition coefficient (Wildman–Crippen LogP) is 6.38. The number of benzene rings is 3. The molecule has 176 valence electrons. The van der Waals surface area contributed by atoms with E-state index < -0.39 is 0 Å². The summed E-state index contributed by atoms with van der Waals surface area (Å²) in [5, 5.41) is 8.99. The van der Waals surface area contributed by atoms with Gasteiger partial charge in [-0.25, -0.2) is 0 Å². The summed E-state index contributed by atoms with van der Waals surface area (Å²) in [5.41, 5.74) is 2.96. The zero-order valence-electron chi connectivity index (χ0n) is 18.9. The summed E-state index contributed by atoms with van der Waals surface area (Å²) in [7, 11) is 0. The molecule has 0 aromatic heterocycles. The number of thioether (sulfide) groups is 1. The first-order valence-electron chi connectivity index (χ1n) is 10.9. The summed E-state index contributed by atoms with van der Waals surface area (Å²) in [6.45, 7) is 2.76. The molecule has 0 radical (unpaired) electrons. The minimum atomic E-state index is -0.315. The second-order valence-electron chi connectivity index (χ2n) is 7.59. The molecule has 0 unspecified atom stereocenters. The van der Waals surface area contributed by atoms with Gasteiger partial charge in [0.05, 0.1) is 29.7 Å². The fourth-order valence-corrected chi connectivity index (χ4v) is 4.67. The molecule has 1 heterocycles. The maximum Gasteiger partial charge on any atom is 0.293 e. The van der Waals surface area contributed by atoms with E-state index in [-0.39, 0.29) is 24.3 Å². The lowest BCUT2D eigenvalue weighted by Gasteiger charge is -2.13. The van der Waals surface area contributed by atoms with Crippen LogP contribution in [0.15, 0.2) is 71.6 Å². The Balaban J connectivity index is 1.51. The molecular formula is C27H21IN2O4S. The van der Waals surface area contributed by atoms with Gasteiger partial charge in [-0.2, -0.15) is 5.26 Å². The van der Waals surface area contributed by atoms with Crippen molar-refractivity contribution < 1.29 is 19.1 Å². The maximum atomic E-state index is 12.9. The Morgan fingerprint density at radius 3 is 2.54 bits per heavy atom. The van der Waals surface area contributed by atoms with Crippen molar-refractivity contribution in [3.63, 3.8) is 0 Å². The maximum absolute atomic E-state index is 12.9. The molecule has 8 heteroatoms. The normalized spacial score (nSPS) is 14.3. The number of nitrogens with zero attached hydrogens (tertiary/aromatic N) is 2. The summed E-state index contributed by atoms with van der Waals surface area (Å²) in [6, 6.07) is 22.5. The molecule has 0 atom stereocenters. The van der Waals surface area contributed by atoms with E-state index in [4.69, 9.17) is 9.47 Å². The van der Waals surface area contributed by atoms with Crippen molar-refractivity contribution in [3.8, 4) is 17.6 Å². The number of halogens is 1. The molecule has 1 fully saturated rings. The Morgan fingerprint density at radius 1 is 1.03 bits per heavy atom. The number of ether oxygens (including phenoxy) is 2. The lowest BCUT2D eigenvalue weighted by atomic mass is 10.1. The molecule has 1 aliphatic heterocycles. The lowest BCUT2D eigenvalue weighted by Crippen LogP contribution is -2.27. The number of amides is 2. The highest BCUT2D eigenvalue weighted by atomic mass is 127. The smallest absolute Gasteiger partial charge is 0.293 e. The lowest BCUT2D eigenvalue weighted by molar-refractivity contribution is -0.123. The van der Waals surface area contributed by atoms with Crippen molar-refractivity contribution >= 4 is 51.6 Å². The van der Waals surface area contributed by atoms with E-state index in [1.165, 1.54) is 4.90 Å². The molecule has 1 aliphatic rings. The van der Waals surface area contributed by atoms with Crippen LogP contribution in [0.1, 0.15) is 29.2 Å². The molecule has 2 amide bonds. The number of carbonyl (C=O) groups is 2. The zero-order valence-corrected chi connectivity index (χ0v) is 21.8. The largest absolute Gasteiger partial charge is 0.490 e. The van der Waals surface area contributed by atoms with Gasteiger partial charge in [0.25, 0.3) is 11.1 Å². The Labute approximate surface area is 221 Å². The van der Waals surface area contributed by atoms with E-state index in [0.29, 0.717) is 28.6 Å². The Bertz CT molecular complexity index is 1330. The molecule has 0 N–H and O–H groups in total. The number of hydrogen-bond acceptors (Lipinski definition) is 6. The van der Waals surface area contributed by atoms with Crippen LogP contribution in [0.25, 0.3) is 6.08 Å². The van der Waals surface area contributed by atoms with Crippen molar-refractivity contribution in [2.45, 2.75) is 20.1 Å². The van der Waals surface area contributed by atoms with Crippen LogP contribution in [0.5, 0.6) is 11.5 Å². The molecular weight excluding hydrogens is 575 g/mol. The third-order valence-electron chi connectivity index (χ3n) is 5.21. The molecule has 0 spiro atoms. The first-order chi connectivity index (χ1) is 17.0. The molecule has 1 saturated heterocycles. The van der Waals surface area contributed by atoms with Gasteiger partial charge < -0.3 is 9.47 Å². The Hall–Kier alpha value is -3.29. The van der Waals surface area contributed by atoms with Crippen molar-refractivity contribution in [2.75, 3.05) is 6.61 Å². The fraction of sp³-hybridized carbons (Fsp3) is 0.148. The molecule has 0 saturated carbocycles. The van der Waals surface area contributed by atoms with Crippen LogP contribution in [-0.2, 0) is 17.9 Å². The molecule has 6 nitrogen and oxygen atoms in total. The number of imide groups is 1. The highest BCUT2D eigenvalue weighted by Crippen LogP contribution is 2.35. The third-order valence-corrected chi connectivity index (χ3v) is 6.84. The van der Waals surface area contributed by atoms with Gasteiger partial charge in [0.1, 0.15) is 6.61 Å². The van der Waals surface area contributed by atoms with Crippen LogP contribution in [0.3, 0.4) is 0 Å². The highest BCUT2D eigenvalue weighted by Gasteiger charge is 2.35. The number of nitriles is 1. The van der Waals surface area contributed by atoms with Gasteiger partial charge in [-0.05, 0) is 88.8 Å². The quantitative estimate of drug-likeness (QED) is 0.222. The van der Waals surface area contributed by atoms with E-state index >= 15 is 0 Å². The third kappa shape index (κ3) is 6.05. The van der Waals surface area contributed by atoms with Crippen molar-refractivity contribution in [1.82, 2.24) is 4.90 Å². The zero-order chi connectivity index (χ0) is 24.8. The summed E-state index contributed by atoms with van der Waals surface area (Å²) in [4.78, 5) is 27.0. The van der Waals surface area contributed by atoms with Crippen LogP contribution in [0.4, 0.5) is 4.79 Å². The number of carbonyl (C=O) groups excluding carboxylic acids is 2. The minimum absolute atomic E-state index is 0.223. The van der Waals surface area contributed by atoms with Crippen molar-refractivity contribution in [1.29, 1.82) is 5.26 Å². The second-order valence-corrected chi connectivity index (χ2v) is 9.83. The van der Waals surface area contributed by atoms with E-state index in [2.05, 4.69) is 28.7 Å². The number of hydrogen-bond donors (Lipinski definition) is 0. The van der Waals surface area contributed by atoms with Crippen LogP contribution in [0.2, 0.25) is 0 Å². The summed E-state index contributed by atoms with van der Waals surface area (Å²) >= 11 is 3.14. The second kappa shape index (κ2) is 11.4. The van der Waals surface area contributed by atoms with E-state index in [1.54, 1.807) is 30.3 Å². The average molecular weight is 596 g/mol. The summed E-state index contributed by atoms with van der Waals surface area (Å²) in [6.07, 6.45) is 1.69. The minimum Gasteiger partial charge on any atom is -0.490 e. The monoisotopic (exact) mass is 596 g/mol. The van der Waals surface area contributed by atoms with Gasteiger partial charge in [0, 0.05) is 9.13 Å². The average Bonchev–Trinajstić information content (AvgIpc) is 3.12. The Morgan fingerprint density at radius 2 is 1.80 bits per heavy atom. The van der Waals surface area contributed by atoms with Crippen LogP contribution >= 0.6 is 34.4 Å². The van der Waals surface area contributed by atoms with Crippen LogP contribution < -0.4 is 9.47 Å². The van der Waals surface area contributed by atoms with Gasteiger partial charge in [-0.15, -0.1) is 0 Å². The van der Waals surface area contributed by atoms with Gasteiger partial charge in [-0.1, -0.05) is 36.4 Å². The first kappa shape index (κ1) is 24.8. The molecule has 35 heavy (non-hydrogen) atoms. The first-order valence-corrected chi connectivity index (χ1v) is 12.8. The molecule has 3 aromatic carbocycles. The molecule has 0 aliphatic carbocycles. The van der Waals surface area contributed by atoms with Gasteiger partial charge in [0.2, 0.25) is 0 Å². The number of rotatable bonds is 8. The molecule has 3 aromatic rings. The summed E-state index contributed by atoms with van der Waals surface area (Å²) in [5.74, 6) is 0.738. The Kier molecular flexibility index (Phi) is 8.10. The van der Waals surface area contributed by atoms with E-state index in [0.717, 1.165) is 32.0 Å². The fourth-order valence-electron chi connectivity index (χ4n) is 3.47. The van der Waals surface area contributed by atoms with Crippen molar-refractivity contribution in [3.05, 3.63) is 97.5 Å². The van der Waals surface area contributed by atoms with Crippen LogP contribution in [-0.4, -0.2) is 22.7 Å². The van der Waals surface area contributed by atoms with Gasteiger partial charge >= 0.3 is 0 Å². The highest BCUT2D eigenvalue weighted by molar-refractivity contribution is 14.1. The van der Waals surface area contributed by atoms with E-state index in [1.807, 2.05) is 49.4 Å². The SMILES string of the molecule is CCOc1cc(/C=C2\SC(=O)N(Cc3ccc(I)cc3)C2=O)ccc1OCc1ccccc1C#N. The topological polar surface area (TPSA) is 79.6 Å². The van der Waals surface area contributed by atoms with Gasteiger partial charge in [0.15, 0.2) is 11.5 Å². The van der Waals surface area contributed by atoms with Crippen molar-refractivity contribution in [2.24, 2.45) is 0 Å². The standard InChI is InChI=1S/C27H21IN2O4S/c1-2-33-24-13-19(9-12-23(24)34-17-21-6-4-3-5-20(21)15-29)14-25-26(31)30(27(32)35-25)16-18-7-10-22(28)11-8-18/h3-14H,2,16-17H2,1H3/b25-14-. The summed E-state index contributed by atoms with van der Waals surface area (Å²) < 4.78 is 12.8. The molecule has 0 bridgehead atoms. The molecule has 4 rings (SSSR count).